The van der Waals surface area contributed by atoms with Gasteiger partial charge in [0, 0.05) is 12.6 Å². The Morgan fingerprint density at radius 1 is 1.10 bits per heavy atom. The smallest absolute Gasteiger partial charge is 0.419 e. The van der Waals surface area contributed by atoms with Gasteiger partial charge in [-0.15, -0.1) is 0 Å². The molecule has 0 amide bonds. The molecule has 1 aliphatic heterocycles. The van der Waals surface area contributed by atoms with Crippen LogP contribution in [0.4, 0.5) is 17.6 Å². The van der Waals surface area contributed by atoms with Crippen LogP contribution in [0.25, 0.3) is 0 Å². The molecule has 0 aromatic heterocycles. The van der Waals surface area contributed by atoms with E-state index in [1.807, 2.05) is 30.3 Å². The van der Waals surface area contributed by atoms with Gasteiger partial charge in [-0.2, -0.15) is 13.2 Å². The van der Waals surface area contributed by atoms with E-state index in [1.165, 1.54) is 6.07 Å². The van der Waals surface area contributed by atoms with E-state index in [4.69, 9.17) is 10.5 Å². The standard InChI is InChI=1S/C20H20F4N4O/c21-17-7-6-14(12-16(17)20(22,23)24)13-19(25)8-9-26-18(28-19)27-10-11-29-15-4-2-1-3-5-15/h1-9,12H,10-11,13,25H2,(H2,26,27,28). The third kappa shape index (κ3) is 5.71. The van der Waals surface area contributed by atoms with Crippen LogP contribution in [0.1, 0.15) is 11.1 Å². The van der Waals surface area contributed by atoms with Gasteiger partial charge in [0.25, 0.3) is 0 Å². The third-order valence-electron chi connectivity index (χ3n) is 4.16. The van der Waals surface area contributed by atoms with Crippen LogP contribution in [0.5, 0.6) is 5.75 Å². The van der Waals surface area contributed by atoms with Gasteiger partial charge in [0.1, 0.15) is 23.8 Å². The van der Waals surface area contributed by atoms with Crippen LogP contribution < -0.4 is 21.1 Å². The second-order valence-electron chi connectivity index (χ2n) is 6.52. The number of guanidine groups is 1. The maximum atomic E-state index is 13.5. The molecule has 0 bridgehead atoms. The zero-order valence-electron chi connectivity index (χ0n) is 15.3. The van der Waals surface area contributed by atoms with Gasteiger partial charge in [-0.3, -0.25) is 0 Å². The number of ether oxygens (including phenoxy) is 1. The lowest BCUT2D eigenvalue weighted by molar-refractivity contribution is -0.140. The van der Waals surface area contributed by atoms with Gasteiger partial charge in [0.2, 0.25) is 0 Å². The predicted octanol–water partition coefficient (Wildman–Crippen LogP) is 3.18. The Kier molecular flexibility index (Phi) is 6.07. The number of benzene rings is 2. The van der Waals surface area contributed by atoms with Gasteiger partial charge in [0.05, 0.1) is 12.1 Å². The van der Waals surface area contributed by atoms with Gasteiger partial charge >= 0.3 is 6.18 Å². The summed E-state index contributed by atoms with van der Waals surface area (Å²) in [5, 5.41) is 5.84. The quantitative estimate of drug-likeness (QED) is 0.507. The first-order chi connectivity index (χ1) is 13.8. The summed E-state index contributed by atoms with van der Waals surface area (Å²) in [7, 11) is 0. The number of nitrogens with zero attached hydrogens (tertiary/aromatic N) is 1. The van der Waals surface area contributed by atoms with Crippen LogP contribution in [0.15, 0.2) is 65.8 Å². The first-order valence-corrected chi connectivity index (χ1v) is 8.84. The van der Waals surface area contributed by atoms with E-state index < -0.39 is 23.2 Å². The van der Waals surface area contributed by atoms with Gasteiger partial charge < -0.3 is 21.1 Å². The van der Waals surface area contributed by atoms with E-state index >= 15 is 0 Å². The minimum absolute atomic E-state index is 0.00801. The zero-order chi connectivity index (χ0) is 20.9. The van der Waals surface area contributed by atoms with Crippen LogP contribution in [-0.2, 0) is 12.6 Å². The van der Waals surface area contributed by atoms with Gasteiger partial charge in [-0.05, 0) is 35.9 Å². The van der Waals surface area contributed by atoms with Crippen LogP contribution in [-0.4, -0.2) is 24.8 Å². The summed E-state index contributed by atoms with van der Waals surface area (Å²) < 4.78 is 57.8. The Hall–Kier alpha value is -3.07. The lowest BCUT2D eigenvalue weighted by atomic mass is 9.97. The lowest BCUT2D eigenvalue weighted by Gasteiger charge is -2.32. The van der Waals surface area contributed by atoms with Crippen molar-refractivity contribution in [3.8, 4) is 5.75 Å². The molecule has 1 unspecified atom stereocenters. The van der Waals surface area contributed by atoms with E-state index in [2.05, 4.69) is 15.6 Å². The van der Waals surface area contributed by atoms with Crippen molar-refractivity contribution in [1.29, 1.82) is 0 Å². The molecule has 0 saturated carbocycles. The molecule has 2 aromatic carbocycles. The molecular formula is C20H20F4N4O. The average molecular weight is 408 g/mol. The molecule has 9 heteroatoms. The topological polar surface area (TPSA) is 71.7 Å². The van der Waals surface area contributed by atoms with Crippen molar-refractivity contribution in [3.63, 3.8) is 0 Å². The summed E-state index contributed by atoms with van der Waals surface area (Å²) in [6.45, 7) is 0.675. The number of nitrogens with two attached hydrogens (primary N) is 1. The van der Waals surface area contributed by atoms with Gasteiger partial charge in [0.15, 0.2) is 5.96 Å². The highest BCUT2D eigenvalue weighted by Gasteiger charge is 2.35. The van der Waals surface area contributed by atoms with E-state index in [0.29, 0.717) is 19.1 Å². The van der Waals surface area contributed by atoms with Crippen molar-refractivity contribution in [2.75, 3.05) is 13.2 Å². The highest BCUT2D eigenvalue weighted by molar-refractivity contribution is 5.83. The fourth-order valence-electron chi connectivity index (χ4n) is 2.83. The molecule has 0 spiro atoms. The molecule has 2 aromatic rings. The van der Waals surface area contributed by atoms with E-state index in [1.54, 1.807) is 12.3 Å². The van der Waals surface area contributed by atoms with Crippen molar-refractivity contribution in [2.45, 2.75) is 18.3 Å². The minimum Gasteiger partial charge on any atom is -0.492 e. The maximum Gasteiger partial charge on any atom is 0.419 e. The summed E-state index contributed by atoms with van der Waals surface area (Å²) in [6, 6.07) is 12.1. The molecule has 0 aliphatic carbocycles. The van der Waals surface area contributed by atoms with Crippen molar-refractivity contribution >= 4 is 5.96 Å². The fourth-order valence-corrected chi connectivity index (χ4v) is 2.83. The highest BCUT2D eigenvalue weighted by atomic mass is 19.4. The van der Waals surface area contributed by atoms with Crippen LogP contribution in [0, 0.1) is 5.82 Å². The Labute approximate surface area is 165 Å². The third-order valence-corrected chi connectivity index (χ3v) is 4.16. The van der Waals surface area contributed by atoms with Gasteiger partial charge in [-0.25, -0.2) is 9.38 Å². The number of hydrogen-bond acceptors (Lipinski definition) is 3. The van der Waals surface area contributed by atoms with E-state index in [9.17, 15) is 17.6 Å². The summed E-state index contributed by atoms with van der Waals surface area (Å²) in [4.78, 5) is 4.30. The molecule has 1 atom stereocenters. The molecule has 0 fully saturated rings. The van der Waals surface area contributed by atoms with Crippen LogP contribution in [0.3, 0.4) is 0 Å². The van der Waals surface area contributed by atoms with Crippen LogP contribution >= 0.6 is 0 Å². The second-order valence-corrected chi connectivity index (χ2v) is 6.52. The lowest BCUT2D eigenvalue weighted by Crippen LogP contribution is -2.61. The van der Waals surface area contributed by atoms with Crippen molar-refractivity contribution < 1.29 is 22.3 Å². The normalized spacial score (nSPS) is 20.2. The molecule has 1 heterocycles. The molecule has 3 rings (SSSR count). The average Bonchev–Trinajstić information content (AvgIpc) is 2.67. The number of aliphatic imine (C=N–C) groups is 1. The van der Waals surface area contributed by atoms with E-state index in [-0.39, 0.29) is 12.0 Å². The number of rotatable bonds is 6. The first kappa shape index (κ1) is 20.7. The molecule has 29 heavy (non-hydrogen) atoms. The number of hydrogen-bond donors (Lipinski definition) is 3. The van der Waals surface area contributed by atoms with Crippen molar-refractivity contribution in [2.24, 2.45) is 10.7 Å². The van der Waals surface area contributed by atoms with Crippen LogP contribution in [0.2, 0.25) is 0 Å². The number of nitrogens with one attached hydrogen (secondary N) is 2. The molecule has 154 valence electrons. The summed E-state index contributed by atoms with van der Waals surface area (Å²) >= 11 is 0. The SMILES string of the molecule is NC1(Cc2ccc(F)c(C(F)(F)F)c2)C=CNC(=NCCOc2ccccc2)N1. The van der Waals surface area contributed by atoms with Crippen molar-refractivity contribution in [3.05, 3.63) is 77.8 Å². The fraction of sp³-hybridized carbons (Fsp3) is 0.250. The Morgan fingerprint density at radius 2 is 1.86 bits per heavy atom. The molecule has 0 saturated heterocycles. The predicted molar refractivity (Wildman–Crippen MR) is 102 cm³/mol. The largest absolute Gasteiger partial charge is 0.492 e. The number of halogens is 4. The first-order valence-electron chi connectivity index (χ1n) is 8.84. The molecule has 1 aliphatic rings. The molecule has 0 radical (unpaired) electrons. The zero-order valence-corrected chi connectivity index (χ0v) is 15.3. The second kappa shape index (κ2) is 8.52. The molecule has 4 N–H and O–H groups in total. The van der Waals surface area contributed by atoms with Crippen molar-refractivity contribution in [1.82, 2.24) is 10.6 Å². The summed E-state index contributed by atoms with van der Waals surface area (Å²) in [6.07, 6.45) is -1.64. The minimum atomic E-state index is -4.77. The molecular weight excluding hydrogens is 388 g/mol. The summed E-state index contributed by atoms with van der Waals surface area (Å²) in [5.41, 5.74) is 4.00. The monoisotopic (exact) mass is 408 g/mol. The Morgan fingerprint density at radius 3 is 2.59 bits per heavy atom. The number of alkyl halides is 3. The highest BCUT2D eigenvalue weighted by Crippen LogP contribution is 2.32. The van der Waals surface area contributed by atoms with Gasteiger partial charge in [-0.1, -0.05) is 24.3 Å². The Bertz CT molecular complexity index is 899. The number of para-hydroxylation sites is 1. The molecule has 5 nitrogen and oxygen atoms in total. The van der Waals surface area contributed by atoms with E-state index in [0.717, 1.165) is 17.9 Å². The maximum absolute atomic E-state index is 13.5. The summed E-state index contributed by atoms with van der Waals surface area (Å²) in [5.74, 6) is -0.228. The Balaban J connectivity index is 1.62.